The zero-order valence-electron chi connectivity index (χ0n) is 11.4. The molecular formula is C15H19ClN2O2. The minimum atomic E-state index is 0.522. The molecule has 3 heterocycles. The molecule has 20 heavy (non-hydrogen) atoms. The number of nitrogens with one attached hydrogen (secondary N) is 1. The molecule has 3 aliphatic rings. The van der Waals surface area contributed by atoms with Crippen molar-refractivity contribution < 1.29 is 9.47 Å². The number of piperidine rings is 1. The molecule has 0 saturated carbocycles. The highest BCUT2D eigenvalue weighted by atomic mass is 35.5. The summed E-state index contributed by atoms with van der Waals surface area (Å²) in [4.78, 5) is 2.55. The SMILES string of the molecule is Clc1cc2c(cc1NC1CCN3CCC1C3)OCCO2. The molecule has 1 aromatic rings. The molecule has 4 rings (SSSR count). The first-order valence-corrected chi connectivity index (χ1v) is 7.75. The van der Waals surface area contributed by atoms with Gasteiger partial charge in [-0.3, -0.25) is 0 Å². The predicted octanol–water partition coefficient (Wildman–Crippen LogP) is 2.62. The molecule has 4 nitrogen and oxygen atoms in total. The van der Waals surface area contributed by atoms with E-state index in [-0.39, 0.29) is 0 Å². The predicted molar refractivity (Wildman–Crippen MR) is 79.0 cm³/mol. The van der Waals surface area contributed by atoms with Crippen molar-refractivity contribution in [1.29, 1.82) is 0 Å². The van der Waals surface area contributed by atoms with Crippen LogP contribution in [0.15, 0.2) is 12.1 Å². The molecule has 3 unspecified atom stereocenters. The summed E-state index contributed by atoms with van der Waals surface area (Å²) < 4.78 is 11.2. The van der Waals surface area contributed by atoms with Crippen molar-refractivity contribution in [2.75, 3.05) is 38.2 Å². The number of benzene rings is 1. The summed E-state index contributed by atoms with van der Waals surface area (Å²) in [7, 11) is 0. The van der Waals surface area contributed by atoms with Crippen molar-refractivity contribution in [3.63, 3.8) is 0 Å². The van der Waals surface area contributed by atoms with Crippen LogP contribution < -0.4 is 14.8 Å². The molecule has 0 amide bonds. The van der Waals surface area contributed by atoms with Crippen LogP contribution in [0.3, 0.4) is 0 Å². The maximum atomic E-state index is 6.37. The van der Waals surface area contributed by atoms with Gasteiger partial charge in [-0.1, -0.05) is 11.6 Å². The highest BCUT2D eigenvalue weighted by Gasteiger charge is 2.34. The summed E-state index contributed by atoms with van der Waals surface area (Å²) in [5.74, 6) is 2.29. The monoisotopic (exact) mass is 294 g/mol. The van der Waals surface area contributed by atoms with E-state index in [1.54, 1.807) is 0 Å². The smallest absolute Gasteiger partial charge is 0.163 e. The summed E-state index contributed by atoms with van der Waals surface area (Å²) in [5, 5.41) is 4.35. The fourth-order valence-electron chi connectivity index (χ4n) is 3.52. The van der Waals surface area contributed by atoms with Crippen molar-refractivity contribution in [1.82, 2.24) is 4.90 Å². The number of hydrogen-bond donors (Lipinski definition) is 1. The van der Waals surface area contributed by atoms with E-state index in [0.29, 0.717) is 19.3 Å². The summed E-state index contributed by atoms with van der Waals surface area (Å²) in [6.07, 6.45) is 2.48. The zero-order valence-corrected chi connectivity index (χ0v) is 12.2. The summed E-state index contributed by atoms with van der Waals surface area (Å²) in [6, 6.07) is 4.37. The van der Waals surface area contributed by atoms with Crippen LogP contribution in [0, 0.1) is 5.92 Å². The van der Waals surface area contributed by atoms with E-state index in [9.17, 15) is 0 Å². The van der Waals surface area contributed by atoms with E-state index >= 15 is 0 Å². The number of nitrogens with zero attached hydrogens (tertiary/aromatic N) is 1. The van der Waals surface area contributed by atoms with E-state index in [0.717, 1.165) is 28.1 Å². The molecule has 108 valence electrons. The second-order valence-electron chi connectivity index (χ2n) is 5.86. The minimum absolute atomic E-state index is 0.522. The first-order chi connectivity index (χ1) is 9.79. The van der Waals surface area contributed by atoms with Crippen molar-refractivity contribution in [2.45, 2.75) is 18.9 Å². The second-order valence-corrected chi connectivity index (χ2v) is 6.27. The molecule has 1 N–H and O–H groups in total. The standard InChI is InChI=1S/C15H19ClN2O2/c16-11-7-14-15(20-6-5-19-14)8-13(11)17-12-2-4-18-3-1-10(12)9-18/h7-8,10,12,17H,1-6,9H2. The molecule has 5 heteroatoms. The van der Waals surface area contributed by atoms with Gasteiger partial charge in [-0.25, -0.2) is 0 Å². The summed E-state index contributed by atoms with van der Waals surface area (Å²) in [6.45, 7) is 4.86. The van der Waals surface area contributed by atoms with Gasteiger partial charge in [-0.2, -0.15) is 0 Å². The van der Waals surface area contributed by atoms with Gasteiger partial charge in [-0.05, 0) is 25.3 Å². The molecule has 1 aromatic carbocycles. The van der Waals surface area contributed by atoms with Crippen LogP contribution in [0.25, 0.3) is 0 Å². The highest BCUT2D eigenvalue weighted by molar-refractivity contribution is 6.33. The quantitative estimate of drug-likeness (QED) is 0.909. The highest BCUT2D eigenvalue weighted by Crippen LogP contribution is 2.39. The first-order valence-electron chi connectivity index (χ1n) is 7.37. The van der Waals surface area contributed by atoms with Crippen LogP contribution in [-0.4, -0.2) is 43.8 Å². The van der Waals surface area contributed by atoms with E-state index in [1.165, 1.54) is 32.5 Å². The molecule has 2 fully saturated rings. The molecule has 0 spiro atoms. The van der Waals surface area contributed by atoms with E-state index in [2.05, 4.69) is 10.2 Å². The first kappa shape index (κ1) is 12.6. The molecule has 2 saturated heterocycles. The number of hydrogen-bond acceptors (Lipinski definition) is 4. The lowest BCUT2D eigenvalue weighted by molar-refractivity contribution is 0.171. The molecule has 2 bridgehead atoms. The van der Waals surface area contributed by atoms with Crippen molar-refractivity contribution in [3.8, 4) is 11.5 Å². The Kier molecular flexibility index (Phi) is 3.15. The number of rotatable bonds is 2. The van der Waals surface area contributed by atoms with Gasteiger partial charge in [0.05, 0.1) is 10.7 Å². The van der Waals surface area contributed by atoms with Crippen LogP contribution >= 0.6 is 11.6 Å². The number of halogens is 1. The van der Waals surface area contributed by atoms with Crippen molar-refractivity contribution in [2.24, 2.45) is 5.92 Å². The van der Waals surface area contributed by atoms with Crippen LogP contribution in [0.4, 0.5) is 5.69 Å². The number of fused-ring (bicyclic) bond motifs is 3. The van der Waals surface area contributed by atoms with Gasteiger partial charge in [0.15, 0.2) is 11.5 Å². The molecule has 3 atom stereocenters. The third-order valence-corrected chi connectivity index (χ3v) is 4.92. The van der Waals surface area contributed by atoms with Crippen molar-refractivity contribution >= 4 is 17.3 Å². The Morgan fingerprint density at radius 1 is 1.10 bits per heavy atom. The fourth-order valence-corrected chi connectivity index (χ4v) is 3.72. The van der Waals surface area contributed by atoms with Crippen molar-refractivity contribution in [3.05, 3.63) is 17.2 Å². The lowest BCUT2D eigenvalue weighted by Gasteiger charge is -2.32. The molecule has 0 aliphatic carbocycles. The topological polar surface area (TPSA) is 33.7 Å². The van der Waals surface area contributed by atoms with E-state index in [1.807, 2.05) is 12.1 Å². The van der Waals surface area contributed by atoms with Gasteiger partial charge >= 0.3 is 0 Å². The molecule has 3 aliphatic heterocycles. The fraction of sp³-hybridized carbons (Fsp3) is 0.600. The zero-order chi connectivity index (χ0) is 13.5. The Labute approximate surface area is 124 Å². The minimum Gasteiger partial charge on any atom is -0.486 e. The molecule has 0 aromatic heterocycles. The lowest BCUT2D eigenvalue weighted by Crippen LogP contribution is -2.39. The third-order valence-electron chi connectivity index (χ3n) is 4.61. The largest absolute Gasteiger partial charge is 0.486 e. The van der Waals surface area contributed by atoms with Gasteiger partial charge in [0.2, 0.25) is 0 Å². The van der Waals surface area contributed by atoms with E-state index in [4.69, 9.17) is 21.1 Å². The van der Waals surface area contributed by atoms with Gasteiger partial charge in [-0.15, -0.1) is 0 Å². The number of anilines is 1. The summed E-state index contributed by atoms with van der Waals surface area (Å²) in [5.41, 5.74) is 0.973. The maximum Gasteiger partial charge on any atom is 0.163 e. The Bertz CT molecular complexity index is 523. The summed E-state index contributed by atoms with van der Waals surface area (Å²) >= 11 is 6.37. The van der Waals surface area contributed by atoms with E-state index < -0.39 is 0 Å². The second kappa shape index (κ2) is 5.01. The Balaban J connectivity index is 1.56. The average molecular weight is 295 g/mol. The maximum absolute atomic E-state index is 6.37. The normalized spacial score (nSPS) is 31.1. The Morgan fingerprint density at radius 3 is 2.70 bits per heavy atom. The van der Waals surface area contributed by atoms with Crippen LogP contribution in [0.1, 0.15) is 12.8 Å². The van der Waals surface area contributed by atoms with Gasteiger partial charge in [0.25, 0.3) is 0 Å². The van der Waals surface area contributed by atoms with Crippen LogP contribution in [0.2, 0.25) is 5.02 Å². The van der Waals surface area contributed by atoms with Crippen LogP contribution in [-0.2, 0) is 0 Å². The van der Waals surface area contributed by atoms with Gasteiger partial charge in [0.1, 0.15) is 13.2 Å². The Hall–Kier alpha value is -1.13. The van der Waals surface area contributed by atoms with Gasteiger partial charge in [0, 0.05) is 31.3 Å². The van der Waals surface area contributed by atoms with Crippen LogP contribution in [0.5, 0.6) is 11.5 Å². The third kappa shape index (κ3) is 2.21. The van der Waals surface area contributed by atoms with Gasteiger partial charge < -0.3 is 19.7 Å². The Morgan fingerprint density at radius 2 is 1.85 bits per heavy atom. The number of ether oxygens (including phenoxy) is 2. The molecular weight excluding hydrogens is 276 g/mol. The average Bonchev–Trinajstić information content (AvgIpc) is 2.85. The molecule has 0 radical (unpaired) electrons. The lowest BCUT2D eigenvalue weighted by atomic mass is 9.94.